The van der Waals surface area contributed by atoms with Crippen molar-refractivity contribution in [2.45, 2.75) is 48.0 Å². The number of ether oxygens (including phenoxy) is 1. The molecule has 30 heavy (non-hydrogen) atoms. The van der Waals surface area contributed by atoms with E-state index in [-0.39, 0.29) is 11.4 Å². The maximum atomic E-state index is 13.4. The highest BCUT2D eigenvalue weighted by Gasteiger charge is 2.71. The second-order valence-corrected chi connectivity index (χ2v) is 10.8. The summed E-state index contributed by atoms with van der Waals surface area (Å²) in [7, 11) is -3.90. The van der Waals surface area contributed by atoms with Crippen LogP contribution < -0.4 is 11.1 Å². The number of nitrogens with two attached hydrogens (primary N) is 1. The summed E-state index contributed by atoms with van der Waals surface area (Å²) in [4.78, 5) is 12.6. The van der Waals surface area contributed by atoms with E-state index >= 15 is 0 Å². The topological polar surface area (TPSA) is 98.5 Å². The Kier molecular flexibility index (Phi) is 5.88. The van der Waals surface area contributed by atoms with Crippen molar-refractivity contribution in [3.8, 4) is 0 Å². The zero-order valence-corrected chi connectivity index (χ0v) is 18.4. The summed E-state index contributed by atoms with van der Waals surface area (Å²) in [5.41, 5.74) is 4.49. The zero-order valence-electron chi connectivity index (χ0n) is 16.9. The molecule has 1 aliphatic carbocycles. The molecular weight excluding hydrogens is 431 g/mol. The quantitative estimate of drug-likeness (QED) is 0.718. The number of benzene rings is 2. The molecule has 0 unspecified atom stereocenters. The number of hydrogen-bond donors (Lipinski definition) is 2. The lowest BCUT2D eigenvalue weighted by molar-refractivity contribution is 0.0497. The van der Waals surface area contributed by atoms with Crippen LogP contribution in [0.2, 0.25) is 5.02 Å². The van der Waals surface area contributed by atoms with Crippen LogP contribution in [0.15, 0.2) is 53.4 Å². The average Bonchev–Trinajstić information content (AvgIpc) is 3.30. The maximum Gasteiger partial charge on any atom is 0.408 e. The second-order valence-electron chi connectivity index (χ2n) is 8.32. The van der Waals surface area contributed by atoms with Gasteiger partial charge < -0.3 is 15.8 Å². The minimum Gasteiger partial charge on any atom is -0.444 e. The number of halogens is 2. The van der Waals surface area contributed by atoms with Gasteiger partial charge in [-0.05, 0) is 62.7 Å². The van der Waals surface area contributed by atoms with Gasteiger partial charge in [0.2, 0.25) is 0 Å². The largest absolute Gasteiger partial charge is 0.444 e. The predicted octanol–water partition coefficient (Wildman–Crippen LogP) is 3.64. The number of rotatable bonds is 5. The van der Waals surface area contributed by atoms with E-state index < -0.39 is 44.1 Å². The predicted molar refractivity (Wildman–Crippen MR) is 113 cm³/mol. The lowest BCUT2D eigenvalue weighted by Crippen LogP contribution is -2.49. The number of carbonyl (C=O) groups is 1. The monoisotopic (exact) mass is 454 g/mol. The Balaban J connectivity index is 2.03. The fourth-order valence-electron chi connectivity index (χ4n) is 3.71. The van der Waals surface area contributed by atoms with Crippen LogP contribution in [0.25, 0.3) is 0 Å². The molecule has 0 heterocycles. The highest BCUT2D eigenvalue weighted by atomic mass is 35.5. The minimum absolute atomic E-state index is 0.0605. The highest BCUT2D eigenvalue weighted by Crippen LogP contribution is 2.57. The Bertz CT molecular complexity index is 1040. The molecule has 0 bridgehead atoms. The molecule has 0 spiro atoms. The number of nitrogens with one attached hydrogen (secondary N) is 1. The summed E-state index contributed by atoms with van der Waals surface area (Å²) >= 11 is 5.89. The van der Waals surface area contributed by atoms with Gasteiger partial charge in [0, 0.05) is 17.5 Å². The molecule has 2 aromatic carbocycles. The molecule has 1 fully saturated rings. The van der Waals surface area contributed by atoms with E-state index in [1.54, 1.807) is 20.8 Å². The fourth-order valence-corrected chi connectivity index (χ4v) is 6.18. The Hall–Kier alpha value is -2.16. The summed E-state index contributed by atoms with van der Waals surface area (Å²) in [6.07, 6.45) is -0.770. The molecule has 1 aliphatic rings. The van der Waals surface area contributed by atoms with Gasteiger partial charge in [-0.15, -0.1) is 0 Å². The van der Waals surface area contributed by atoms with Crippen LogP contribution in [0.1, 0.15) is 32.3 Å². The summed E-state index contributed by atoms with van der Waals surface area (Å²) in [6.45, 7) is 4.96. The van der Waals surface area contributed by atoms with Crippen molar-refractivity contribution in [1.82, 2.24) is 5.32 Å². The van der Waals surface area contributed by atoms with E-state index in [2.05, 4.69) is 5.32 Å². The zero-order chi connectivity index (χ0) is 22.3. The van der Waals surface area contributed by atoms with Crippen LogP contribution in [-0.2, 0) is 14.6 Å². The molecule has 162 valence electrons. The van der Waals surface area contributed by atoms with Crippen molar-refractivity contribution in [2.24, 2.45) is 5.73 Å². The molecule has 3 atom stereocenters. The molecule has 1 saturated carbocycles. The van der Waals surface area contributed by atoms with Crippen LogP contribution in [0.4, 0.5) is 9.18 Å². The summed E-state index contributed by atoms with van der Waals surface area (Å²) in [5, 5.41) is 2.04. The molecule has 6 nitrogen and oxygen atoms in total. The third-order valence-corrected chi connectivity index (χ3v) is 7.58. The van der Waals surface area contributed by atoms with Crippen LogP contribution >= 0.6 is 11.6 Å². The number of sulfone groups is 1. The van der Waals surface area contributed by atoms with Crippen LogP contribution in [0.5, 0.6) is 0 Å². The van der Waals surface area contributed by atoms with Gasteiger partial charge in [0.05, 0.1) is 10.4 Å². The van der Waals surface area contributed by atoms with E-state index in [0.29, 0.717) is 10.6 Å². The third kappa shape index (κ3) is 4.31. The van der Waals surface area contributed by atoms with Gasteiger partial charge in [-0.1, -0.05) is 23.7 Å². The summed E-state index contributed by atoms with van der Waals surface area (Å²) in [6, 6.07) is 11.3. The second kappa shape index (κ2) is 7.83. The van der Waals surface area contributed by atoms with Gasteiger partial charge in [-0.2, -0.15) is 0 Å². The van der Waals surface area contributed by atoms with Gasteiger partial charge in [-0.25, -0.2) is 17.6 Å². The SMILES string of the molecule is CC(C)(C)OC(=O)N[C@@]1(CN)[C@@H](c2ccc(F)cc2)[C@@H]1S(=O)(=O)c1ccc(Cl)cc1. The summed E-state index contributed by atoms with van der Waals surface area (Å²) < 4.78 is 45.6. The molecular formula is C21H24ClFN2O4S. The van der Waals surface area contributed by atoms with E-state index in [0.717, 1.165) is 0 Å². The first-order chi connectivity index (χ1) is 13.9. The molecule has 3 rings (SSSR count). The van der Waals surface area contributed by atoms with Crippen LogP contribution in [0.3, 0.4) is 0 Å². The van der Waals surface area contributed by atoms with E-state index in [4.69, 9.17) is 22.1 Å². The van der Waals surface area contributed by atoms with Crippen molar-refractivity contribution < 1.29 is 22.3 Å². The smallest absolute Gasteiger partial charge is 0.408 e. The number of carbonyl (C=O) groups excluding carboxylic acids is 1. The van der Waals surface area contributed by atoms with E-state index in [1.807, 2.05) is 0 Å². The molecule has 1 amide bonds. The van der Waals surface area contributed by atoms with Crippen LogP contribution in [-0.4, -0.2) is 37.4 Å². The number of amides is 1. The Morgan fingerprint density at radius 2 is 1.73 bits per heavy atom. The average molecular weight is 455 g/mol. The number of alkyl carbamates (subject to hydrolysis) is 1. The van der Waals surface area contributed by atoms with Crippen molar-refractivity contribution in [1.29, 1.82) is 0 Å². The molecule has 0 radical (unpaired) electrons. The lowest BCUT2D eigenvalue weighted by atomic mass is 10.1. The van der Waals surface area contributed by atoms with Gasteiger partial charge >= 0.3 is 6.09 Å². The van der Waals surface area contributed by atoms with Crippen molar-refractivity contribution in [3.05, 3.63) is 64.9 Å². The minimum atomic E-state index is -3.90. The van der Waals surface area contributed by atoms with Crippen molar-refractivity contribution >= 4 is 27.5 Å². The molecule has 2 aromatic rings. The van der Waals surface area contributed by atoms with E-state index in [1.165, 1.54) is 48.5 Å². The molecule has 0 saturated heterocycles. The number of hydrogen-bond acceptors (Lipinski definition) is 5. The third-order valence-electron chi connectivity index (χ3n) is 5.03. The van der Waals surface area contributed by atoms with Gasteiger partial charge in [0.25, 0.3) is 0 Å². The van der Waals surface area contributed by atoms with Crippen molar-refractivity contribution in [3.63, 3.8) is 0 Å². The Morgan fingerprint density at radius 3 is 2.23 bits per heavy atom. The van der Waals surface area contributed by atoms with Gasteiger partial charge in [-0.3, -0.25) is 0 Å². The van der Waals surface area contributed by atoms with E-state index in [9.17, 15) is 17.6 Å². The Labute approximate surface area is 180 Å². The first kappa shape index (κ1) is 22.5. The van der Waals surface area contributed by atoms with Crippen LogP contribution in [0, 0.1) is 5.82 Å². The maximum absolute atomic E-state index is 13.4. The highest BCUT2D eigenvalue weighted by molar-refractivity contribution is 7.92. The molecule has 9 heteroatoms. The summed E-state index contributed by atoms with van der Waals surface area (Å²) in [5.74, 6) is -1.12. The molecule has 0 aliphatic heterocycles. The Morgan fingerprint density at radius 1 is 1.17 bits per heavy atom. The molecule has 3 N–H and O–H groups in total. The fraction of sp³-hybridized carbons (Fsp3) is 0.381. The normalized spacial score (nSPS) is 23.7. The standard InChI is InChI=1S/C21H24ClFN2O4S/c1-20(2,3)29-19(26)25-21(12-24)17(13-4-8-15(23)9-5-13)18(21)30(27,28)16-10-6-14(22)7-11-16/h4-11,17-18H,12,24H2,1-3H3,(H,25,26)/t17-,18-,21-/m0/s1. The lowest BCUT2D eigenvalue weighted by Gasteiger charge is -2.24. The first-order valence-corrected chi connectivity index (χ1v) is 11.3. The van der Waals surface area contributed by atoms with Crippen molar-refractivity contribution in [2.75, 3.05) is 6.54 Å². The first-order valence-electron chi connectivity index (χ1n) is 9.37. The van der Waals surface area contributed by atoms with Gasteiger partial charge in [0.1, 0.15) is 16.7 Å². The van der Waals surface area contributed by atoms with Gasteiger partial charge in [0.15, 0.2) is 9.84 Å². The molecule has 0 aromatic heterocycles.